The number of allylic oxidation sites excluding steroid dienone is 1. The van der Waals surface area contributed by atoms with Gasteiger partial charge in [-0.15, -0.1) is 0 Å². The summed E-state index contributed by atoms with van der Waals surface area (Å²) in [6.45, 7) is 0.406. The molecular formula is C18H21NO3S. The van der Waals surface area contributed by atoms with E-state index in [0.717, 1.165) is 35.8 Å². The highest BCUT2D eigenvalue weighted by atomic mass is 32.2. The summed E-state index contributed by atoms with van der Waals surface area (Å²) in [4.78, 5) is 0.298. The quantitative estimate of drug-likeness (QED) is 0.851. The molecule has 0 saturated heterocycles. The molecule has 2 aromatic carbocycles. The van der Waals surface area contributed by atoms with Crippen LogP contribution in [0.5, 0.6) is 5.75 Å². The van der Waals surface area contributed by atoms with Crippen LogP contribution >= 0.6 is 0 Å². The number of benzene rings is 2. The van der Waals surface area contributed by atoms with Crippen LogP contribution in [0.25, 0.3) is 10.8 Å². The van der Waals surface area contributed by atoms with Gasteiger partial charge in [0.05, 0.1) is 12.0 Å². The SMILES string of the molecule is COc1ccc2cc(S(=O)(=O)NCC3=CCCCC3)ccc2c1. The van der Waals surface area contributed by atoms with Crippen molar-refractivity contribution in [2.24, 2.45) is 0 Å². The second-order valence-corrected chi connectivity index (χ2v) is 7.57. The maximum atomic E-state index is 12.5. The van der Waals surface area contributed by atoms with Crippen LogP contribution in [0.15, 0.2) is 52.9 Å². The van der Waals surface area contributed by atoms with Crippen molar-refractivity contribution in [2.75, 3.05) is 13.7 Å². The van der Waals surface area contributed by atoms with E-state index < -0.39 is 10.0 Å². The van der Waals surface area contributed by atoms with Gasteiger partial charge in [0.25, 0.3) is 0 Å². The fraction of sp³-hybridized carbons (Fsp3) is 0.333. The minimum Gasteiger partial charge on any atom is -0.497 e. The van der Waals surface area contributed by atoms with Crippen molar-refractivity contribution >= 4 is 20.8 Å². The molecule has 3 rings (SSSR count). The summed E-state index contributed by atoms with van der Waals surface area (Å²) in [5.74, 6) is 0.760. The van der Waals surface area contributed by atoms with Crippen LogP contribution in [-0.4, -0.2) is 22.1 Å². The van der Waals surface area contributed by atoms with Crippen molar-refractivity contribution in [1.29, 1.82) is 0 Å². The standard InChI is InChI=1S/C18H21NO3S/c1-22-17-9-7-16-12-18(10-8-15(16)11-17)23(20,21)19-13-14-5-3-2-4-6-14/h5,7-12,19H,2-4,6,13H2,1H3. The lowest BCUT2D eigenvalue weighted by molar-refractivity contribution is 0.415. The molecule has 0 saturated carbocycles. The molecule has 0 spiro atoms. The van der Waals surface area contributed by atoms with E-state index in [2.05, 4.69) is 10.8 Å². The van der Waals surface area contributed by atoms with Crippen LogP contribution < -0.4 is 9.46 Å². The molecule has 0 atom stereocenters. The van der Waals surface area contributed by atoms with E-state index in [9.17, 15) is 8.42 Å². The topological polar surface area (TPSA) is 55.4 Å². The molecule has 122 valence electrons. The Bertz CT molecular complexity index is 840. The third kappa shape index (κ3) is 3.74. The average Bonchev–Trinajstić information content (AvgIpc) is 2.60. The summed E-state index contributed by atoms with van der Waals surface area (Å²) in [5.41, 5.74) is 1.19. The van der Waals surface area contributed by atoms with Crippen LogP contribution in [0.3, 0.4) is 0 Å². The van der Waals surface area contributed by atoms with Gasteiger partial charge in [-0.1, -0.05) is 23.8 Å². The molecule has 0 unspecified atom stereocenters. The Morgan fingerprint density at radius 2 is 1.87 bits per heavy atom. The van der Waals surface area contributed by atoms with Crippen LogP contribution in [0.2, 0.25) is 0 Å². The van der Waals surface area contributed by atoms with Crippen molar-refractivity contribution in [3.63, 3.8) is 0 Å². The minimum atomic E-state index is -3.49. The summed E-state index contributed by atoms with van der Waals surface area (Å²) in [6, 6.07) is 10.7. The number of sulfonamides is 1. The molecule has 2 aromatic rings. The molecule has 4 nitrogen and oxygen atoms in total. The summed E-state index contributed by atoms with van der Waals surface area (Å²) in [7, 11) is -1.87. The first kappa shape index (κ1) is 16.0. The molecular weight excluding hydrogens is 310 g/mol. The first-order valence-electron chi connectivity index (χ1n) is 7.84. The molecule has 0 aromatic heterocycles. The van der Waals surface area contributed by atoms with Gasteiger partial charge in [0.1, 0.15) is 5.75 Å². The lowest BCUT2D eigenvalue weighted by atomic mass is 10.0. The molecule has 1 aliphatic carbocycles. The van der Waals surface area contributed by atoms with Gasteiger partial charge in [-0.05, 0) is 60.7 Å². The fourth-order valence-electron chi connectivity index (χ4n) is 2.83. The van der Waals surface area contributed by atoms with E-state index in [4.69, 9.17) is 4.74 Å². The molecule has 5 heteroatoms. The highest BCUT2D eigenvalue weighted by Gasteiger charge is 2.15. The van der Waals surface area contributed by atoms with Gasteiger partial charge < -0.3 is 4.74 Å². The summed E-state index contributed by atoms with van der Waals surface area (Å²) in [5, 5.41) is 1.84. The van der Waals surface area contributed by atoms with Crippen molar-refractivity contribution in [1.82, 2.24) is 4.72 Å². The predicted molar refractivity (Wildman–Crippen MR) is 92.2 cm³/mol. The summed E-state index contributed by atoms with van der Waals surface area (Å²) in [6.07, 6.45) is 6.53. The van der Waals surface area contributed by atoms with E-state index in [1.807, 2.05) is 24.3 Å². The maximum Gasteiger partial charge on any atom is 0.240 e. The van der Waals surface area contributed by atoms with E-state index in [1.54, 1.807) is 19.2 Å². The van der Waals surface area contributed by atoms with Crippen molar-refractivity contribution in [3.8, 4) is 5.75 Å². The number of ether oxygens (including phenoxy) is 1. The Morgan fingerprint density at radius 3 is 2.61 bits per heavy atom. The predicted octanol–water partition coefficient (Wildman–Crippen LogP) is 3.63. The number of fused-ring (bicyclic) bond motifs is 1. The molecule has 1 aliphatic rings. The first-order chi connectivity index (χ1) is 11.1. The van der Waals surface area contributed by atoms with E-state index in [-0.39, 0.29) is 0 Å². The van der Waals surface area contributed by atoms with Crippen LogP contribution in [0, 0.1) is 0 Å². The monoisotopic (exact) mass is 331 g/mol. The molecule has 0 amide bonds. The summed E-state index contributed by atoms with van der Waals surface area (Å²) < 4.78 is 32.9. The smallest absolute Gasteiger partial charge is 0.240 e. The average molecular weight is 331 g/mol. The first-order valence-corrected chi connectivity index (χ1v) is 9.32. The lowest BCUT2D eigenvalue weighted by Crippen LogP contribution is -2.26. The van der Waals surface area contributed by atoms with E-state index in [1.165, 1.54) is 12.0 Å². The van der Waals surface area contributed by atoms with Gasteiger partial charge >= 0.3 is 0 Å². The number of rotatable bonds is 5. The maximum absolute atomic E-state index is 12.5. The highest BCUT2D eigenvalue weighted by Crippen LogP contribution is 2.24. The van der Waals surface area contributed by atoms with Crippen LogP contribution in [0.1, 0.15) is 25.7 Å². The Labute approximate surface area is 137 Å². The van der Waals surface area contributed by atoms with Gasteiger partial charge in [-0.25, -0.2) is 13.1 Å². The number of methoxy groups -OCH3 is 1. The number of nitrogens with one attached hydrogen (secondary N) is 1. The van der Waals surface area contributed by atoms with E-state index >= 15 is 0 Å². The Kier molecular flexibility index (Phi) is 4.68. The van der Waals surface area contributed by atoms with Gasteiger partial charge in [-0.2, -0.15) is 0 Å². The second-order valence-electron chi connectivity index (χ2n) is 5.81. The normalized spacial score (nSPS) is 15.4. The van der Waals surface area contributed by atoms with Crippen LogP contribution in [-0.2, 0) is 10.0 Å². The Balaban J connectivity index is 1.81. The number of hydrogen-bond acceptors (Lipinski definition) is 3. The third-order valence-corrected chi connectivity index (χ3v) is 5.60. The lowest BCUT2D eigenvalue weighted by Gasteiger charge is -2.14. The molecule has 0 fully saturated rings. The third-order valence-electron chi connectivity index (χ3n) is 4.20. The second kappa shape index (κ2) is 6.72. The number of hydrogen-bond donors (Lipinski definition) is 1. The van der Waals surface area contributed by atoms with E-state index in [0.29, 0.717) is 11.4 Å². The molecule has 0 aliphatic heterocycles. The largest absolute Gasteiger partial charge is 0.497 e. The van der Waals surface area contributed by atoms with Gasteiger partial charge in [0.15, 0.2) is 0 Å². The summed E-state index contributed by atoms with van der Waals surface area (Å²) >= 11 is 0. The Morgan fingerprint density at radius 1 is 1.09 bits per heavy atom. The van der Waals surface area contributed by atoms with Crippen molar-refractivity contribution < 1.29 is 13.2 Å². The highest BCUT2D eigenvalue weighted by molar-refractivity contribution is 7.89. The zero-order valence-corrected chi connectivity index (χ0v) is 14.0. The molecule has 0 heterocycles. The zero-order valence-electron chi connectivity index (χ0n) is 13.2. The van der Waals surface area contributed by atoms with Crippen molar-refractivity contribution in [2.45, 2.75) is 30.6 Å². The van der Waals surface area contributed by atoms with Gasteiger partial charge in [-0.3, -0.25) is 0 Å². The van der Waals surface area contributed by atoms with Gasteiger partial charge in [0.2, 0.25) is 10.0 Å². The Hall–Kier alpha value is -1.85. The fourth-order valence-corrected chi connectivity index (χ4v) is 3.90. The van der Waals surface area contributed by atoms with Gasteiger partial charge in [0, 0.05) is 6.54 Å². The molecule has 1 N–H and O–H groups in total. The molecule has 23 heavy (non-hydrogen) atoms. The molecule has 0 bridgehead atoms. The molecule has 0 radical (unpaired) electrons. The van der Waals surface area contributed by atoms with Crippen LogP contribution in [0.4, 0.5) is 0 Å². The zero-order chi connectivity index (χ0) is 16.3. The minimum absolute atomic E-state index is 0.298. The van der Waals surface area contributed by atoms with Crippen molar-refractivity contribution in [3.05, 3.63) is 48.0 Å².